The molecule has 1 aromatic heterocycles. The fourth-order valence-electron chi connectivity index (χ4n) is 5.15. The number of hydrogen-bond donors (Lipinski definition) is 0. The minimum absolute atomic E-state index is 0.0764. The molecule has 0 N–H and O–H groups in total. The Morgan fingerprint density at radius 3 is 2.31 bits per heavy atom. The molecule has 0 fully saturated rings. The zero-order valence-electron chi connectivity index (χ0n) is 19.4. The van der Waals surface area contributed by atoms with E-state index in [1.807, 2.05) is 91.0 Å². The van der Waals surface area contributed by atoms with Gasteiger partial charge in [-0.3, -0.25) is 14.2 Å². The molecule has 0 saturated heterocycles. The number of carbonyl (C=O) groups is 1. The predicted octanol–water partition coefficient (Wildman–Crippen LogP) is 7.13. The van der Waals surface area contributed by atoms with Crippen LogP contribution in [0.3, 0.4) is 0 Å². The number of halogens is 1. The number of fused-ring (bicyclic) bond motifs is 4. The molecule has 0 amide bonds. The lowest BCUT2D eigenvalue weighted by atomic mass is 9.93. The van der Waals surface area contributed by atoms with E-state index in [4.69, 9.17) is 4.74 Å². The summed E-state index contributed by atoms with van der Waals surface area (Å²) in [6.45, 7) is 0.205. The van der Waals surface area contributed by atoms with Gasteiger partial charge in [0.1, 0.15) is 6.61 Å². The van der Waals surface area contributed by atoms with Gasteiger partial charge < -0.3 is 4.74 Å². The van der Waals surface area contributed by atoms with Crippen molar-refractivity contribution < 1.29 is 9.53 Å². The van der Waals surface area contributed by atoms with Crippen LogP contribution in [0, 0.1) is 0 Å². The van der Waals surface area contributed by atoms with E-state index in [0.29, 0.717) is 5.39 Å². The summed E-state index contributed by atoms with van der Waals surface area (Å²) in [6, 6.07) is 33.0. The Hall–Kier alpha value is -3.96. The normalized spacial score (nSPS) is 13.9. The lowest BCUT2D eigenvalue weighted by Crippen LogP contribution is -2.26. The van der Waals surface area contributed by atoms with Gasteiger partial charge in [0, 0.05) is 21.0 Å². The average molecular weight is 536 g/mol. The highest BCUT2D eigenvalue weighted by atomic mass is 79.9. The van der Waals surface area contributed by atoms with E-state index in [0.717, 1.165) is 43.4 Å². The van der Waals surface area contributed by atoms with Crippen molar-refractivity contribution in [1.82, 2.24) is 4.57 Å². The largest absolute Gasteiger partial charge is 0.461 e. The zero-order chi connectivity index (χ0) is 24.6. The minimum atomic E-state index is -0.442. The third-order valence-corrected chi connectivity index (χ3v) is 7.22. The van der Waals surface area contributed by atoms with E-state index >= 15 is 0 Å². The van der Waals surface area contributed by atoms with Crippen molar-refractivity contribution in [3.05, 3.63) is 129 Å². The van der Waals surface area contributed by atoms with Crippen molar-refractivity contribution in [3.8, 4) is 22.4 Å². The van der Waals surface area contributed by atoms with Crippen LogP contribution in [0.15, 0.2) is 112 Å². The van der Waals surface area contributed by atoms with Gasteiger partial charge in [-0.1, -0.05) is 101 Å². The standard InChI is InChI=1S/C31H22BrNO3/c32-22-15-16-25-26(17-22)29(21-11-5-2-6-12-21)30-24-14-8-7-13-23(24)27(33(30)31(25)35)18-28(34)36-19-20-9-3-1-4-10-20/h1-17,27H,18-19H2. The maximum absolute atomic E-state index is 14.0. The molecule has 1 atom stereocenters. The maximum Gasteiger partial charge on any atom is 0.308 e. The van der Waals surface area contributed by atoms with E-state index < -0.39 is 6.04 Å². The Balaban J connectivity index is 1.52. The van der Waals surface area contributed by atoms with Crippen LogP contribution in [-0.4, -0.2) is 10.5 Å². The van der Waals surface area contributed by atoms with Gasteiger partial charge in [0.05, 0.1) is 18.2 Å². The van der Waals surface area contributed by atoms with Gasteiger partial charge in [0.2, 0.25) is 0 Å². The van der Waals surface area contributed by atoms with Gasteiger partial charge in [-0.25, -0.2) is 0 Å². The molecule has 5 aromatic rings. The topological polar surface area (TPSA) is 48.3 Å². The predicted molar refractivity (Wildman–Crippen MR) is 146 cm³/mol. The number of carbonyl (C=O) groups excluding carboxylic acids is 1. The zero-order valence-corrected chi connectivity index (χ0v) is 20.9. The molecule has 36 heavy (non-hydrogen) atoms. The smallest absolute Gasteiger partial charge is 0.308 e. The summed E-state index contributed by atoms with van der Waals surface area (Å²) in [5.41, 5.74) is 5.59. The van der Waals surface area contributed by atoms with Crippen LogP contribution in [0.25, 0.3) is 33.2 Å². The quantitative estimate of drug-likeness (QED) is 0.225. The summed E-state index contributed by atoms with van der Waals surface area (Å²) < 4.78 is 8.32. The molecular formula is C31H22BrNO3. The average Bonchev–Trinajstić information content (AvgIpc) is 3.23. The number of aromatic nitrogens is 1. The van der Waals surface area contributed by atoms with E-state index in [-0.39, 0.29) is 24.6 Å². The second-order valence-electron chi connectivity index (χ2n) is 8.91. The molecule has 4 nitrogen and oxygen atoms in total. The Bertz CT molecular complexity index is 1660. The van der Waals surface area contributed by atoms with Gasteiger partial charge in [0.25, 0.3) is 5.56 Å². The third-order valence-electron chi connectivity index (χ3n) is 6.73. The summed E-state index contributed by atoms with van der Waals surface area (Å²) >= 11 is 3.59. The Morgan fingerprint density at radius 1 is 0.833 bits per heavy atom. The molecule has 6 rings (SSSR count). The van der Waals surface area contributed by atoms with Crippen molar-refractivity contribution in [2.75, 3.05) is 0 Å². The number of hydrogen-bond acceptors (Lipinski definition) is 3. The Morgan fingerprint density at radius 2 is 1.53 bits per heavy atom. The van der Waals surface area contributed by atoms with Gasteiger partial charge in [-0.2, -0.15) is 0 Å². The van der Waals surface area contributed by atoms with E-state index in [9.17, 15) is 9.59 Å². The van der Waals surface area contributed by atoms with Gasteiger partial charge in [-0.05, 0) is 40.3 Å². The Labute approximate surface area is 216 Å². The number of rotatable bonds is 5. The third kappa shape index (κ3) is 3.86. The van der Waals surface area contributed by atoms with Crippen molar-refractivity contribution in [2.45, 2.75) is 19.1 Å². The highest BCUT2D eigenvalue weighted by molar-refractivity contribution is 9.10. The number of nitrogens with zero attached hydrogens (tertiary/aromatic N) is 1. The first-order valence-electron chi connectivity index (χ1n) is 11.8. The van der Waals surface area contributed by atoms with Crippen LogP contribution in [0.1, 0.15) is 23.6 Å². The molecule has 1 aliphatic heterocycles. The summed E-state index contributed by atoms with van der Waals surface area (Å²) in [4.78, 5) is 27.0. The van der Waals surface area contributed by atoms with E-state index in [1.165, 1.54) is 0 Å². The second kappa shape index (κ2) is 9.25. The van der Waals surface area contributed by atoms with Crippen molar-refractivity contribution in [1.29, 1.82) is 0 Å². The van der Waals surface area contributed by atoms with E-state index in [2.05, 4.69) is 28.1 Å². The lowest BCUT2D eigenvalue weighted by Gasteiger charge is -2.19. The molecule has 176 valence electrons. The van der Waals surface area contributed by atoms with Crippen molar-refractivity contribution in [3.63, 3.8) is 0 Å². The number of esters is 1. The first kappa shape index (κ1) is 22.5. The number of ether oxygens (including phenoxy) is 1. The molecular weight excluding hydrogens is 514 g/mol. The summed E-state index contributed by atoms with van der Waals surface area (Å²) in [7, 11) is 0. The fraction of sp³-hybridized carbons (Fsp3) is 0.0968. The van der Waals surface area contributed by atoms with Gasteiger partial charge >= 0.3 is 5.97 Å². The SMILES string of the molecule is O=C(CC1c2ccccc2-c2c(-c3ccccc3)c3cc(Br)ccc3c(=O)n21)OCc1ccccc1. The number of pyridine rings is 1. The molecule has 0 saturated carbocycles. The fourth-order valence-corrected chi connectivity index (χ4v) is 5.51. The van der Waals surface area contributed by atoms with Crippen molar-refractivity contribution in [2.24, 2.45) is 0 Å². The number of benzene rings is 4. The molecule has 0 bridgehead atoms. The molecule has 1 aliphatic rings. The first-order valence-corrected chi connectivity index (χ1v) is 12.6. The van der Waals surface area contributed by atoms with Crippen LogP contribution in [0.2, 0.25) is 0 Å². The summed E-state index contributed by atoms with van der Waals surface area (Å²) in [5, 5.41) is 1.50. The van der Waals surface area contributed by atoms with Crippen LogP contribution in [0.5, 0.6) is 0 Å². The molecule has 1 unspecified atom stereocenters. The molecule has 0 spiro atoms. The molecule has 0 aliphatic carbocycles. The van der Waals surface area contributed by atoms with Gasteiger partial charge in [0.15, 0.2) is 0 Å². The summed E-state index contributed by atoms with van der Waals surface area (Å²) in [5.74, 6) is -0.337. The molecule has 4 aromatic carbocycles. The monoisotopic (exact) mass is 535 g/mol. The highest BCUT2D eigenvalue weighted by Crippen LogP contribution is 2.47. The van der Waals surface area contributed by atoms with Gasteiger partial charge in [-0.15, -0.1) is 0 Å². The second-order valence-corrected chi connectivity index (χ2v) is 9.82. The highest BCUT2D eigenvalue weighted by Gasteiger charge is 2.34. The minimum Gasteiger partial charge on any atom is -0.461 e. The van der Waals surface area contributed by atoms with Crippen LogP contribution >= 0.6 is 15.9 Å². The molecule has 2 heterocycles. The van der Waals surface area contributed by atoms with Crippen LogP contribution < -0.4 is 5.56 Å². The Kier molecular flexibility index (Phi) is 5.78. The maximum atomic E-state index is 14.0. The first-order chi connectivity index (χ1) is 17.6. The van der Waals surface area contributed by atoms with Crippen molar-refractivity contribution >= 4 is 32.7 Å². The summed E-state index contributed by atoms with van der Waals surface area (Å²) in [6.07, 6.45) is 0.0764. The van der Waals surface area contributed by atoms with Crippen LogP contribution in [0.4, 0.5) is 0 Å². The lowest BCUT2D eigenvalue weighted by molar-refractivity contribution is -0.145. The molecule has 0 radical (unpaired) electrons. The molecule has 5 heteroatoms. The van der Waals surface area contributed by atoms with Crippen LogP contribution in [-0.2, 0) is 16.1 Å². The van der Waals surface area contributed by atoms with E-state index in [1.54, 1.807) is 4.57 Å².